The molecule has 27 heavy (non-hydrogen) atoms. The number of carbonyl (C=O) groups excluding carboxylic acids is 2. The monoisotopic (exact) mass is 374 g/mol. The number of hydrogen-bond acceptors (Lipinski definition) is 6. The molecule has 0 saturated carbocycles. The predicted molar refractivity (Wildman–Crippen MR) is 100 cm³/mol. The highest BCUT2D eigenvalue weighted by atomic mass is 16.5. The van der Waals surface area contributed by atoms with Crippen LogP contribution in [0.3, 0.4) is 0 Å². The molecule has 2 N–H and O–H groups in total. The second kappa shape index (κ2) is 9.70. The van der Waals surface area contributed by atoms with Crippen LogP contribution in [0.4, 0.5) is 4.79 Å². The van der Waals surface area contributed by atoms with Gasteiger partial charge in [-0.3, -0.25) is 4.79 Å². The fourth-order valence-corrected chi connectivity index (χ4v) is 2.60. The van der Waals surface area contributed by atoms with Crippen LogP contribution < -0.4 is 10.6 Å². The molecule has 2 aromatic rings. The summed E-state index contributed by atoms with van der Waals surface area (Å²) in [6, 6.07) is 6.70. The number of aromatic nitrogens is 2. The number of nitrogens with one attached hydrogen (secondary N) is 2. The van der Waals surface area contributed by atoms with Crippen LogP contribution in [0.2, 0.25) is 0 Å². The molecule has 0 bridgehead atoms. The molecule has 0 aliphatic heterocycles. The van der Waals surface area contributed by atoms with Crippen molar-refractivity contribution in [2.75, 3.05) is 13.2 Å². The van der Waals surface area contributed by atoms with Gasteiger partial charge in [0.2, 0.25) is 11.8 Å². The highest BCUT2D eigenvalue weighted by Gasteiger charge is 2.16. The van der Waals surface area contributed by atoms with Crippen molar-refractivity contribution >= 4 is 12.0 Å². The van der Waals surface area contributed by atoms with Crippen LogP contribution in [0.1, 0.15) is 43.4 Å². The third kappa shape index (κ3) is 6.40. The van der Waals surface area contributed by atoms with Gasteiger partial charge < -0.3 is 19.8 Å². The van der Waals surface area contributed by atoms with Crippen molar-refractivity contribution in [3.05, 3.63) is 35.7 Å². The molecule has 1 atom stereocenters. The highest BCUT2D eigenvalue weighted by molar-refractivity contribution is 5.94. The molecular formula is C19H26N4O4. The number of ether oxygens (including phenoxy) is 1. The second-order valence-electron chi connectivity index (χ2n) is 6.60. The van der Waals surface area contributed by atoms with E-state index in [1.54, 1.807) is 38.1 Å². The quantitative estimate of drug-likeness (QED) is 0.736. The maximum absolute atomic E-state index is 12.4. The largest absolute Gasteiger partial charge is 0.450 e. The van der Waals surface area contributed by atoms with E-state index >= 15 is 0 Å². The first-order valence-electron chi connectivity index (χ1n) is 9.01. The van der Waals surface area contributed by atoms with Gasteiger partial charge in [0.15, 0.2) is 0 Å². The van der Waals surface area contributed by atoms with Gasteiger partial charge in [-0.25, -0.2) is 4.79 Å². The normalized spacial score (nSPS) is 11.9. The number of nitrogens with zero attached hydrogens (tertiary/aromatic N) is 2. The van der Waals surface area contributed by atoms with Gasteiger partial charge in [0.1, 0.15) is 0 Å². The Balaban J connectivity index is 1.94. The number of rotatable bonds is 8. The average molecular weight is 374 g/mol. The smallest absolute Gasteiger partial charge is 0.407 e. The molecule has 2 amide bonds. The molecule has 0 aliphatic rings. The molecule has 0 aliphatic carbocycles. The summed E-state index contributed by atoms with van der Waals surface area (Å²) in [5, 5.41) is 13.4. The van der Waals surface area contributed by atoms with Gasteiger partial charge in [-0.1, -0.05) is 13.8 Å². The summed E-state index contributed by atoms with van der Waals surface area (Å²) in [7, 11) is 0. The molecule has 1 aromatic carbocycles. The fourth-order valence-electron chi connectivity index (χ4n) is 2.60. The molecule has 1 heterocycles. The van der Waals surface area contributed by atoms with Crippen LogP contribution in [0.25, 0.3) is 11.5 Å². The van der Waals surface area contributed by atoms with Gasteiger partial charge >= 0.3 is 6.09 Å². The summed E-state index contributed by atoms with van der Waals surface area (Å²) in [6.45, 7) is 8.20. The van der Waals surface area contributed by atoms with E-state index in [0.29, 0.717) is 36.4 Å². The minimum atomic E-state index is -0.475. The maximum atomic E-state index is 12.4. The van der Waals surface area contributed by atoms with Gasteiger partial charge in [0.05, 0.1) is 6.61 Å². The van der Waals surface area contributed by atoms with E-state index in [1.807, 2.05) is 0 Å². The summed E-state index contributed by atoms with van der Waals surface area (Å²) in [5.41, 5.74) is 1.25. The zero-order valence-electron chi connectivity index (χ0n) is 16.1. The Morgan fingerprint density at radius 1 is 1.19 bits per heavy atom. The van der Waals surface area contributed by atoms with Crippen LogP contribution in [0.5, 0.6) is 0 Å². The van der Waals surface area contributed by atoms with Crippen molar-refractivity contribution in [3.8, 4) is 11.5 Å². The molecule has 0 radical (unpaired) electrons. The van der Waals surface area contributed by atoms with Crippen LogP contribution in [-0.2, 0) is 4.74 Å². The standard InChI is InChI=1S/C19H26N4O4/c1-5-26-19(25)21-16(10-12(2)3)11-20-17(24)14-6-8-15(9-7-14)18-23-22-13(4)27-18/h6-9,12,16H,5,10-11H2,1-4H3,(H,20,24)(H,21,25)/t16-/m0/s1. The Morgan fingerprint density at radius 3 is 2.44 bits per heavy atom. The predicted octanol–water partition coefficient (Wildman–Crippen LogP) is 2.94. The maximum Gasteiger partial charge on any atom is 0.407 e. The van der Waals surface area contributed by atoms with Gasteiger partial charge in [0.25, 0.3) is 5.91 Å². The summed E-state index contributed by atoms with van der Waals surface area (Å²) < 4.78 is 10.3. The summed E-state index contributed by atoms with van der Waals surface area (Å²) >= 11 is 0. The Morgan fingerprint density at radius 2 is 1.89 bits per heavy atom. The van der Waals surface area contributed by atoms with Crippen molar-refractivity contribution in [1.82, 2.24) is 20.8 Å². The number of alkyl carbamates (subject to hydrolysis) is 1. The van der Waals surface area contributed by atoms with E-state index in [-0.39, 0.29) is 11.9 Å². The van der Waals surface area contributed by atoms with Crippen molar-refractivity contribution in [3.63, 3.8) is 0 Å². The zero-order valence-corrected chi connectivity index (χ0v) is 16.1. The summed E-state index contributed by atoms with van der Waals surface area (Å²) in [5.74, 6) is 1.04. The van der Waals surface area contributed by atoms with E-state index in [0.717, 1.165) is 12.0 Å². The van der Waals surface area contributed by atoms with Gasteiger partial charge in [-0.05, 0) is 43.5 Å². The minimum absolute atomic E-state index is 0.200. The zero-order chi connectivity index (χ0) is 19.8. The first kappa shape index (κ1) is 20.4. The first-order valence-corrected chi connectivity index (χ1v) is 9.01. The van der Waals surface area contributed by atoms with Gasteiger partial charge in [-0.2, -0.15) is 0 Å². The molecule has 1 aromatic heterocycles. The molecule has 146 valence electrons. The number of aryl methyl sites for hydroxylation is 1. The lowest BCUT2D eigenvalue weighted by Gasteiger charge is -2.20. The van der Waals surface area contributed by atoms with E-state index in [4.69, 9.17) is 9.15 Å². The highest BCUT2D eigenvalue weighted by Crippen LogP contribution is 2.18. The lowest BCUT2D eigenvalue weighted by molar-refractivity contribution is 0.0944. The van der Waals surface area contributed by atoms with Crippen LogP contribution in [0.15, 0.2) is 28.7 Å². The van der Waals surface area contributed by atoms with Crippen molar-refractivity contribution in [2.45, 2.75) is 40.2 Å². The number of hydrogen-bond donors (Lipinski definition) is 2. The summed E-state index contributed by atoms with van der Waals surface area (Å²) in [4.78, 5) is 24.0. The van der Waals surface area contributed by atoms with Crippen LogP contribution in [0, 0.1) is 12.8 Å². The van der Waals surface area contributed by atoms with E-state index in [2.05, 4.69) is 34.7 Å². The summed E-state index contributed by atoms with van der Waals surface area (Å²) in [6.07, 6.45) is 0.255. The van der Waals surface area contributed by atoms with Crippen LogP contribution in [-0.4, -0.2) is 41.4 Å². The fraction of sp³-hybridized carbons (Fsp3) is 0.474. The van der Waals surface area contributed by atoms with Crippen molar-refractivity contribution in [2.24, 2.45) is 5.92 Å². The molecule has 0 fully saturated rings. The second-order valence-corrected chi connectivity index (χ2v) is 6.60. The van der Waals surface area contributed by atoms with Gasteiger partial charge in [0, 0.05) is 30.6 Å². The lowest BCUT2D eigenvalue weighted by Crippen LogP contribution is -2.44. The SMILES string of the molecule is CCOC(=O)N[C@H](CNC(=O)c1ccc(-c2nnc(C)o2)cc1)CC(C)C. The van der Waals surface area contributed by atoms with Gasteiger partial charge in [-0.15, -0.1) is 10.2 Å². The third-order valence-electron chi connectivity index (χ3n) is 3.78. The minimum Gasteiger partial charge on any atom is -0.450 e. The van der Waals surface area contributed by atoms with E-state index < -0.39 is 6.09 Å². The molecule has 0 spiro atoms. The molecule has 8 heteroatoms. The van der Waals surface area contributed by atoms with Crippen molar-refractivity contribution in [1.29, 1.82) is 0 Å². The number of amides is 2. The topological polar surface area (TPSA) is 106 Å². The van der Waals surface area contributed by atoms with E-state index in [1.165, 1.54) is 0 Å². The Labute approximate surface area is 158 Å². The Bertz CT molecular complexity index is 755. The number of carbonyl (C=O) groups is 2. The molecule has 8 nitrogen and oxygen atoms in total. The molecular weight excluding hydrogens is 348 g/mol. The number of benzene rings is 1. The average Bonchev–Trinajstić information content (AvgIpc) is 3.05. The Hall–Kier alpha value is -2.90. The van der Waals surface area contributed by atoms with Crippen LogP contribution >= 0.6 is 0 Å². The molecule has 2 rings (SSSR count). The van der Waals surface area contributed by atoms with E-state index in [9.17, 15) is 9.59 Å². The molecule has 0 saturated heterocycles. The Kier molecular flexibility index (Phi) is 7.34. The van der Waals surface area contributed by atoms with Crippen molar-refractivity contribution < 1.29 is 18.7 Å². The molecule has 0 unspecified atom stereocenters. The lowest BCUT2D eigenvalue weighted by atomic mass is 10.0. The third-order valence-corrected chi connectivity index (χ3v) is 3.78. The first-order chi connectivity index (χ1) is 12.9.